The minimum Gasteiger partial charge on any atom is -0.207 e. The summed E-state index contributed by atoms with van der Waals surface area (Å²) in [6.45, 7) is 0. The summed E-state index contributed by atoms with van der Waals surface area (Å²) in [4.78, 5) is 0. The number of benzene rings is 6. The molecule has 0 atom stereocenters. The van der Waals surface area contributed by atoms with Crippen LogP contribution < -0.4 is 0 Å². The summed E-state index contributed by atoms with van der Waals surface area (Å²) in [5.41, 5.74) is 1.95. The predicted molar refractivity (Wildman–Crippen MR) is 156 cm³/mol. The van der Waals surface area contributed by atoms with Crippen LogP contribution in [0.1, 0.15) is 11.1 Å². The molecule has 0 aromatic heterocycles. The van der Waals surface area contributed by atoms with Crippen LogP contribution in [0.3, 0.4) is 0 Å². The van der Waals surface area contributed by atoms with Crippen molar-refractivity contribution in [3.8, 4) is 44.5 Å². The molecule has 0 saturated heterocycles. The lowest BCUT2D eigenvalue weighted by atomic mass is 9.92. The lowest BCUT2D eigenvalue weighted by molar-refractivity contribution is -0.143. The molecule has 0 nitrogen and oxygen atoms in total. The van der Waals surface area contributed by atoms with Crippen LogP contribution in [0.4, 0.5) is 35.1 Å². The normalized spacial score (nSPS) is 12.1. The van der Waals surface area contributed by atoms with Crippen LogP contribution in [0.2, 0.25) is 0 Å². The monoisotopic (exact) mass is 604 g/mol. The SMILES string of the molecule is Fc1ccc(-c2cc(-c3ccc(F)cc3)cc(-c3ccc4cc(-c5cc(C(F)(F)F)cc(C(F)(F)F)c5)ccc4c3)c2)cc1. The Morgan fingerprint density at radius 1 is 0.295 bits per heavy atom. The average molecular weight is 605 g/mol. The molecule has 6 aromatic carbocycles. The molecule has 6 aromatic rings. The van der Waals surface area contributed by atoms with Gasteiger partial charge in [0.2, 0.25) is 0 Å². The Bertz CT molecular complexity index is 1890. The van der Waals surface area contributed by atoms with Crippen molar-refractivity contribution in [3.05, 3.63) is 144 Å². The molecule has 0 fully saturated rings. The molecule has 6 rings (SSSR count). The van der Waals surface area contributed by atoms with E-state index in [0.29, 0.717) is 22.9 Å². The molecule has 8 heteroatoms. The van der Waals surface area contributed by atoms with Gasteiger partial charge in [0.1, 0.15) is 11.6 Å². The minimum atomic E-state index is -4.95. The molecule has 0 unspecified atom stereocenters. The van der Waals surface area contributed by atoms with E-state index in [2.05, 4.69) is 0 Å². The molecular formula is C36H20F8. The van der Waals surface area contributed by atoms with E-state index in [4.69, 9.17) is 0 Å². The van der Waals surface area contributed by atoms with E-state index in [0.717, 1.165) is 33.4 Å². The maximum atomic E-state index is 13.6. The molecule has 0 N–H and O–H groups in total. The van der Waals surface area contributed by atoms with Gasteiger partial charge in [0, 0.05) is 0 Å². The van der Waals surface area contributed by atoms with Crippen LogP contribution in [-0.4, -0.2) is 0 Å². The smallest absolute Gasteiger partial charge is 0.207 e. The maximum Gasteiger partial charge on any atom is 0.416 e. The molecule has 0 aliphatic rings. The quantitative estimate of drug-likeness (QED) is 0.176. The van der Waals surface area contributed by atoms with Crippen molar-refractivity contribution >= 4 is 10.8 Å². The molecule has 0 spiro atoms. The maximum absolute atomic E-state index is 13.6. The molecule has 0 aliphatic carbocycles. The third-order valence-electron chi connectivity index (χ3n) is 7.38. The van der Waals surface area contributed by atoms with E-state index in [1.54, 1.807) is 48.5 Å². The highest BCUT2D eigenvalue weighted by Crippen LogP contribution is 2.40. The lowest BCUT2D eigenvalue weighted by Gasteiger charge is -2.15. The van der Waals surface area contributed by atoms with Crippen molar-refractivity contribution in [1.29, 1.82) is 0 Å². The number of alkyl halides is 6. The number of fused-ring (bicyclic) bond motifs is 1. The second-order valence-electron chi connectivity index (χ2n) is 10.4. The first-order chi connectivity index (χ1) is 20.8. The van der Waals surface area contributed by atoms with E-state index in [1.165, 1.54) is 30.3 Å². The molecule has 0 bridgehead atoms. The van der Waals surface area contributed by atoms with Crippen LogP contribution >= 0.6 is 0 Å². The van der Waals surface area contributed by atoms with Crippen LogP contribution in [0.5, 0.6) is 0 Å². The van der Waals surface area contributed by atoms with Crippen LogP contribution in [0, 0.1) is 11.6 Å². The molecule has 0 heterocycles. The Hall–Kier alpha value is -4.98. The van der Waals surface area contributed by atoms with E-state index < -0.39 is 23.5 Å². The molecule has 44 heavy (non-hydrogen) atoms. The standard InChI is InChI=1S/C36H20F8/c37-33-9-5-21(6-10-33)27-15-28(22-7-11-34(38)12-8-22)17-29(16-27)25-3-1-24-14-26(4-2-23(24)13-25)30-18-31(35(39,40)41)20-32(19-30)36(42,43)44/h1-20H. The first kappa shape index (κ1) is 29.1. The molecule has 220 valence electrons. The van der Waals surface area contributed by atoms with Crippen molar-refractivity contribution < 1.29 is 35.1 Å². The van der Waals surface area contributed by atoms with Crippen molar-refractivity contribution in [3.63, 3.8) is 0 Å². The molecule has 0 amide bonds. The first-order valence-corrected chi connectivity index (χ1v) is 13.3. The Morgan fingerprint density at radius 2 is 0.614 bits per heavy atom. The largest absolute Gasteiger partial charge is 0.416 e. The molecular weight excluding hydrogens is 584 g/mol. The van der Waals surface area contributed by atoms with E-state index in [9.17, 15) is 35.1 Å². The summed E-state index contributed by atoms with van der Waals surface area (Å²) < 4.78 is 108. The van der Waals surface area contributed by atoms with Crippen molar-refractivity contribution in [1.82, 2.24) is 0 Å². The van der Waals surface area contributed by atoms with Crippen LogP contribution in [-0.2, 0) is 12.4 Å². The van der Waals surface area contributed by atoms with E-state index >= 15 is 0 Å². The van der Waals surface area contributed by atoms with Gasteiger partial charge in [-0.2, -0.15) is 26.3 Å². The Kier molecular flexibility index (Phi) is 7.24. The zero-order valence-electron chi connectivity index (χ0n) is 22.6. The van der Waals surface area contributed by atoms with Gasteiger partial charge in [0.15, 0.2) is 0 Å². The van der Waals surface area contributed by atoms with Crippen molar-refractivity contribution in [2.75, 3.05) is 0 Å². The molecule has 0 saturated carbocycles. The van der Waals surface area contributed by atoms with Crippen molar-refractivity contribution in [2.45, 2.75) is 12.4 Å². The van der Waals surface area contributed by atoms with Gasteiger partial charge in [-0.25, -0.2) is 8.78 Å². The summed E-state index contributed by atoms with van der Waals surface area (Å²) in [5, 5.41) is 1.33. The highest BCUT2D eigenvalue weighted by Gasteiger charge is 2.37. The topological polar surface area (TPSA) is 0 Å². The minimum absolute atomic E-state index is 0.108. The Morgan fingerprint density at radius 3 is 0.977 bits per heavy atom. The van der Waals surface area contributed by atoms with Crippen LogP contribution in [0.25, 0.3) is 55.3 Å². The highest BCUT2D eigenvalue weighted by atomic mass is 19.4. The average Bonchev–Trinajstić information content (AvgIpc) is 3.00. The molecule has 0 radical (unpaired) electrons. The highest BCUT2D eigenvalue weighted by molar-refractivity contribution is 5.92. The van der Waals surface area contributed by atoms with Crippen LogP contribution in [0.15, 0.2) is 121 Å². The second kappa shape index (κ2) is 10.9. The van der Waals surface area contributed by atoms with Gasteiger partial charge < -0.3 is 0 Å². The number of rotatable bonds is 4. The number of hydrogen-bond acceptors (Lipinski definition) is 0. The zero-order valence-corrected chi connectivity index (χ0v) is 22.6. The van der Waals surface area contributed by atoms with Gasteiger partial charge >= 0.3 is 12.4 Å². The summed E-state index contributed by atoms with van der Waals surface area (Å²) >= 11 is 0. The first-order valence-electron chi connectivity index (χ1n) is 13.3. The van der Waals surface area contributed by atoms with Gasteiger partial charge in [-0.1, -0.05) is 48.5 Å². The third-order valence-corrected chi connectivity index (χ3v) is 7.38. The molecule has 0 aliphatic heterocycles. The Labute approximate surface area is 246 Å². The summed E-state index contributed by atoms with van der Waals surface area (Å²) in [7, 11) is 0. The van der Waals surface area contributed by atoms with E-state index in [-0.39, 0.29) is 28.8 Å². The van der Waals surface area contributed by atoms with Gasteiger partial charge in [0.05, 0.1) is 11.1 Å². The second-order valence-corrected chi connectivity index (χ2v) is 10.4. The van der Waals surface area contributed by atoms with Crippen molar-refractivity contribution in [2.24, 2.45) is 0 Å². The summed E-state index contributed by atoms with van der Waals surface area (Å²) in [6.07, 6.45) is -9.89. The summed E-state index contributed by atoms with van der Waals surface area (Å²) in [6, 6.07) is 29.4. The fraction of sp³-hybridized carbons (Fsp3) is 0.0556. The number of halogens is 8. The van der Waals surface area contributed by atoms with Gasteiger partial charge in [-0.3, -0.25) is 0 Å². The zero-order chi connectivity index (χ0) is 31.2. The fourth-order valence-electron chi connectivity index (χ4n) is 5.14. The Balaban J connectivity index is 1.44. The fourth-order valence-corrected chi connectivity index (χ4v) is 5.14. The van der Waals surface area contributed by atoms with Gasteiger partial charge in [-0.15, -0.1) is 0 Å². The van der Waals surface area contributed by atoms with E-state index in [1.807, 2.05) is 24.3 Å². The van der Waals surface area contributed by atoms with Gasteiger partial charge in [0.25, 0.3) is 0 Å². The number of hydrogen-bond donors (Lipinski definition) is 0. The lowest BCUT2D eigenvalue weighted by Crippen LogP contribution is -2.11. The van der Waals surface area contributed by atoms with Gasteiger partial charge in [-0.05, 0) is 128 Å². The predicted octanol–water partition coefficient (Wildman–Crippen LogP) is 11.8. The summed E-state index contributed by atoms with van der Waals surface area (Å²) in [5.74, 6) is -0.755. The third kappa shape index (κ3) is 6.06.